The van der Waals surface area contributed by atoms with Gasteiger partial charge in [0.25, 0.3) is 0 Å². The maximum Gasteiger partial charge on any atom is 0.313 e. The van der Waals surface area contributed by atoms with Crippen molar-refractivity contribution in [1.82, 2.24) is 5.32 Å². The number of aliphatic hydroxyl groups excluding tert-OH is 1. The lowest BCUT2D eigenvalue weighted by molar-refractivity contribution is -0.147. The van der Waals surface area contributed by atoms with E-state index in [1.54, 1.807) is 0 Å². The fourth-order valence-corrected chi connectivity index (χ4v) is 0.826. The third-order valence-corrected chi connectivity index (χ3v) is 1.90. The quantitative estimate of drug-likeness (QED) is 0.518. The van der Waals surface area contributed by atoms with E-state index >= 15 is 0 Å². The highest BCUT2D eigenvalue weighted by atomic mass is 16.4. The lowest BCUT2D eigenvalue weighted by atomic mass is 9.87. The molecule has 0 spiro atoms. The summed E-state index contributed by atoms with van der Waals surface area (Å²) in [6.07, 6.45) is 1.06. The van der Waals surface area contributed by atoms with Crippen LogP contribution in [0.5, 0.6) is 0 Å². The Balaban J connectivity index is 4.25. The molecule has 0 aliphatic rings. The molecule has 0 radical (unpaired) electrons. The largest absolute Gasteiger partial charge is 0.481 e. The lowest BCUT2D eigenvalue weighted by Crippen LogP contribution is -2.35. The van der Waals surface area contributed by atoms with E-state index in [2.05, 4.69) is 11.9 Å². The summed E-state index contributed by atoms with van der Waals surface area (Å²) in [6.45, 7) is 4.76. The zero-order chi connectivity index (χ0) is 11.2. The van der Waals surface area contributed by atoms with E-state index in [0.717, 1.165) is 0 Å². The predicted molar refractivity (Wildman–Crippen MR) is 50.7 cm³/mol. The summed E-state index contributed by atoms with van der Waals surface area (Å²) in [5.41, 5.74) is -1.25. The van der Waals surface area contributed by atoms with Gasteiger partial charge in [0, 0.05) is 13.0 Å². The van der Waals surface area contributed by atoms with Crippen LogP contribution >= 0.6 is 0 Å². The van der Waals surface area contributed by atoms with E-state index < -0.39 is 17.3 Å². The zero-order valence-corrected chi connectivity index (χ0v) is 8.12. The Morgan fingerprint density at radius 3 is 2.50 bits per heavy atom. The Hall–Kier alpha value is -1.36. The second kappa shape index (κ2) is 5.39. The first kappa shape index (κ1) is 12.6. The highest BCUT2D eigenvalue weighted by Crippen LogP contribution is 2.22. The van der Waals surface area contributed by atoms with E-state index in [-0.39, 0.29) is 19.6 Å². The molecule has 0 aromatic carbocycles. The summed E-state index contributed by atoms with van der Waals surface area (Å²) in [5, 5.41) is 19.6. The Bertz CT molecular complexity index is 239. The van der Waals surface area contributed by atoms with E-state index in [1.807, 2.05) is 0 Å². The third kappa shape index (κ3) is 3.57. The van der Waals surface area contributed by atoms with Crippen molar-refractivity contribution >= 4 is 11.9 Å². The number of carbonyl (C=O) groups is 2. The molecular weight excluding hydrogens is 186 g/mol. The molecule has 0 aromatic heterocycles. The highest BCUT2D eigenvalue weighted by Gasteiger charge is 2.32. The third-order valence-electron chi connectivity index (χ3n) is 1.90. The average molecular weight is 201 g/mol. The minimum absolute atomic E-state index is 0.131. The van der Waals surface area contributed by atoms with Crippen LogP contribution in [-0.2, 0) is 9.59 Å². The van der Waals surface area contributed by atoms with Gasteiger partial charge in [0.15, 0.2) is 0 Å². The molecule has 1 amide bonds. The number of carboxylic acid groups (broad SMARTS) is 1. The van der Waals surface area contributed by atoms with Gasteiger partial charge in [-0.1, -0.05) is 6.08 Å². The minimum Gasteiger partial charge on any atom is -0.481 e. The van der Waals surface area contributed by atoms with Crippen molar-refractivity contribution in [2.45, 2.75) is 13.3 Å². The van der Waals surface area contributed by atoms with Crippen LogP contribution in [0.2, 0.25) is 0 Å². The number of nitrogens with one attached hydrogen (secondary N) is 1. The molecule has 0 aliphatic carbocycles. The summed E-state index contributed by atoms with van der Waals surface area (Å²) >= 11 is 0. The second-order valence-electron chi connectivity index (χ2n) is 3.18. The average Bonchev–Trinajstić information content (AvgIpc) is 2.14. The van der Waals surface area contributed by atoms with E-state index in [0.29, 0.717) is 0 Å². The maximum atomic E-state index is 11.1. The van der Waals surface area contributed by atoms with Gasteiger partial charge in [0.1, 0.15) is 0 Å². The van der Waals surface area contributed by atoms with Gasteiger partial charge in [-0.25, -0.2) is 0 Å². The van der Waals surface area contributed by atoms with Gasteiger partial charge in [-0.2, -0.15) is 0 Å². The number of rotatable bonds is 6. The number of carbonyl (C=O) groups excluding carboxylic acids is 1. The fraction of sp³-hybridized carbons (Fsp3) is 0.556. The molecule has 0 saturated heterocycles. The minimum atomic E-state index is -1.25. The smallest absolute Gasteiger partial charge is 0.313 e. The molecule has 3 N–H and O–H groups in total. The first-order chi connectivity index (χ1) is 6.46. The first-order valence-electron chi connectivity index (χ1n) is 4.21. The van der Waals surface area contributed by atoms with Crippen LogP contribution in [0.1, 0.15) is 13.3 Å². The van der Waals surface area contributed by atoms with E-state index in [4.69, 9.17) is 10.2 Å². The van der Waals surface area contributed by atoms with Crippen molar-refractivity contribution in [3.63, 3.8) is 0 Å². The van der Waals surface area contributed by atoms with Crippen LogP contribution in [-0.4, -0.2) is 35.2 Å². The summed E-state index contributed by atoms with van der Waals surface area (Å²) in [7, 11) is 0. The molecule has 14 heavy (non-hydrogen) atoms. The Labute approximate surface area is 82.4 Å². The van der Waals surface area contributed by atoms with Crippen molar-refractivity contribution in [2.75, 3.05) is 13.2 Å². The predicted octanol–water partition coefficient (Wildman–Crippen LogP) is -0.238. The fourth-order valence-electron chi connectivity index (χ4n) is 0.826. The topological polar surface area (TPSA) is 86.6 Å². The van der Waals surface area contributed by atoms with Gasteiger partial charge in [0.05, 0.1) is 12.0 Å². The van der Waals surface area contributed by atoms with E-state index in [1.165, 1.54) is 13.0 Å². The molecule has 0 heterocycles. The molecule has 0 bridgehead atoms. The standard InChI is InChI=1S/C9H15NO4/c1-3-9(2,8(13)14)6-7(12)10-4-5-11/h3,11H,1,4-6H2,2H3,(H,10,12)(H,13,14). The number of aliphatic carboxylic acids is 1. The van der Waals surface area contributed by atoms with Gasteiger partial charge >= 0.3 is 5.97 Å². The molecule has 0 fully saturated rings. The van der Waals surface area contributed by atoms with Crippen LogP contribution in [0.4, 0.5) is 0 Å². The van der Waals surface area contributed by atoms with Crippen molar-refractivity contribution in [3.05, 3.63) is 12.7 Å². The molecule has 0 rings (SSSR count). The van der Waals surface area contributed by atoms with Gasteiger partial charge in [-0.15, -0.1) is 6.58 Å². The van der Waals surface area contributed by atoms with Crippen LogP contribution in [0.3, 0.4) is 0 Å². The molecule has 1 atom stereocenters. The summed E-state index contributed by atoms with van der Waals surface area (Å²) < 4.78 is 0. The Morgan fingerprint density at radius 2 is 2.14 bits per heavy atom. The molecule has 1 unspecified atom stereocenters. The Kier molecular flexibility index (Phi) is 4.86. The molecule has 0 saturated carbocycles. The zero-order valence-electron chi connectivity index (χ0n) is 8.12. The van der Waals surface area contributed by atoms with Crippen molar-refractivity contribution in [3.8, 4) is 0 Å². The summed E-state index contributed by atoms with van der Waals surface area (Å²) in [6, 6.07) is 0. The van der Waals surface area contributed by atoms with Crippen molar-refractivity contribution in [2.24, 2.45) is 5.41 Å². The first-order valence-corrected chi connectivity index (χ1v) is 4.21. The number of hydrogen-bond acceptors (Lipinski definition) is 3. The van der Waals surface area contributed by atoms with E-state index in [9.17, 15) is 9.59 Å². The monoisotopic (exact) mass is 201 g/mol. The molecule has 5 heteroatoms. The van der Waals surface area contributed by atoms with Gasteiger partial charge in [-0.05, 0) is 6.92 Å². The number of carboxylic acids is 1. The second-order valence-corrected chi connectivity index (χ2v) is 3.18. The normalized spacial score (nSPS) is 14.1. The number of hydrogen-bond donors (Lipinski definition) is 3. The van der Waals surface area contributed by atoms with Crippen LogP contribution < -0.4 is 5.32 Å². The lowest BCUT2D eigenvalue weighted by Gasteiger charge is -2.19. The molecule has 0 aliphatic heterocycles. The SMILES string of the molecule is C=CC(C)(CC(=O)NCCO)C(=O)O. The van der Waals surface area contributed by atoms with Crippen molar-refractivity contribution < 1.29 is 19.8 Å². The van der Waals surface area contributed by atoms with Crippen LogP contribution in [0, 0.1) is 5.41 Å². The van der Waals surface area contributed by atoms with Crippen molar-refractivity contribution in [1.29, 1.82) is 0 Å². The van der Waals surface area contributed by atoms with Gasteiger partial charge in [0.2, 0.25) is 5.91 Å². The summed E-state index contributed by atoms with van der Waals surface area (Å²) in [5.74, 6) is -1.50. The number of aliphatic hydroxyl groups is 1. The van der Waals surface area contributed by atoms with Crippen LogP contribution in [0.15, 0.2) is 12.7 Å². The Morgan fingerprint density at radius 1 is 1.57 bits per heavy atom. The molecule has 0 aromatic rings. The molecular formula is C9H15NO4. The highest BCUT2D eigenvalue weighted by molar-refractivity contribution is 5.86. The number of amides is 1. The van der Waals surface area contributed by atoms with Crippen LogP contribution in [0.25, 0.3) is 0 Å². The molecule has 80 valence electrons. The molecule has 5 nitrogen and oxygen atoms in total. The van der Waals surface area contributed by atoms with Gasteiger partial charge < -0.3 is 15.5 Å². The summed E-state index contributed by atoms with van der Waals surface area (Å²) in [4.78, 5) is 21.9. The van der Waals surface area contributed by atoms with Gasteiger partial charge in [-0.3, -0.25) is 9.59 Å². The maximum absolute atomic E-state index is 11.1.